The second-order valence-electron chi connectivity index (χ2n) is 5.84. The van der Waals surface area contributed by atoms with Crippen LogP contribution in [0.15, 0.2) is 78.9 Å². The van der Waals surface area contributed by atoms with Gasteiger partial charge in [-0.05, 0) is 42.8 Å². The van der Waals surface area contributed by atoms with E-state index in [2.05, 4.69) is 5.32 Å². The second kappa shape index (κ2) is 8.21. The van der Waals surface area contributed by atoms with E-state index in [9.17, 15) is 4.79 Å². The van der Waals surface area contributed by atoms with Gasteiger partial charge in [-0.15, -0.1) is 0 Å². The highest BCUT2D eigenvalue weighted by molar-refractivity contribution is 5.98. The molecule has 4 nitrogen and oxygen atoms in total. The SMILES string of the molecule is COc1ccc(O[C@H](C)C(=O)Nc2ccccc2-c2ccccc2)cc1. The fourth-order valence-electron chi connectivity index (χ4n) is 2.61. The van der Waals surface area contributed by atoms with Crippen molar-refractivity contribution in [3.8, 4) is 22.6 Å². The van der Waals surface area contributed by atoms with Crippen molar-refractivity contribution in [2.24, 2.45) is 0 Å². The minimum Gasteiger partial charge on any atom is -0.497 e. The minimum atomic E-state index is -0.632. The van der Waals surface area contributed by atoms with Gasteiger partial charge in [-0.3, -0.25) is 4.79 Å². The number of methoxy groups -OCH3 is 1. The van der Waals surface area contributed by atoms with Gasteiger partial charge in [-0.25, -0.2) is 0 Å². The average molecular weight is 347 g/mol. The molecule has 3 aromatic carbocycles. The third-order valence-corrected chi connectivity index (χ3v) is 4.01. The third-order valence-electron chi connectivity index (χ3n) is 4.01. The highest BCUT2D eigenvalue weighted by atomic mass is 16.5. The van der Waals surface area contributed by atoms with Crippen molar-refractivity contribution in [3.05, 3.63) is 78.9 Å². The summed E-state index contributed by atoms with van der Waals surface area (Å²) in [5, 5.41) is 2.96. The zero-order valence-electron chi connectivity index (χ0n) is 14.8. The summed E-state index contributed by atoms with van der Waals surface area (Å²) in [6.07, 6.45) is -0.632. The van der Waals surface area contributed by atoms with E-state index in [1.807, 2.05) is 54.6 Å². The van der Waals surface area contributed by atoms with Gasteiger partial charge in [0.05, 0.1) is 7.11 Å². The Labute approximate surface area is 153 Å². The van der Waals surface area contributed by atoms with E-state index >= 15 is 0 Å². The van der Waals surface area contributed by atoms with Crippen LogP contribution in [0, 0.1) is 0 Å². The first-order chi connectivity index (χ1) is 12.7. The molecule has 3 aromatic rings. The van der Waals surface area contributed by atoms with Gasteiger partial charge >= 0.3 is 0 Å². The van der Waals surface area contributed by atoms with Gasteiger partial charge in [0.25, 0.3) is 5.91 Å². The van der Waals surface area contributed by atoms with Crippen molar-refractivity contribution in [1.82, 2.24) is 0 Å². The van der Waals surface area contributed by atoms with E-state index in [0.29, 0.717) is 5.75 Å². The van der Waals surface area contributed by atoms with Crippen LogP contribution in [-0.2, 0) is 4.79 Å². The van der Waals surface area contributed by atoms with Crippen LogP contribution < -0.4 is 14.8 Å². The Morgan fingerprint density at radius 1 is 0.846 bits per heavy atom. The molecule has 3 rings (SSSR count). The maximum Gasteiger partial charge on any atom is 0.265 e. The number of amides is 1. The second-order valence-corrected chi connectivity index (χ2v) is 5.84. The predicted octanol–water partition coefficient (Wildman–Crippen LogP) is 4.77. The fourth-order valence-corrected chi connectivity index (χ4v) is 2.61. The largest absolute Gasteiger partial charge is 0.497 e. The molecule has 4 heteroatoms. The lowest BCUT2D eigenvalue weighted by molar-refractivity contribution is -0.122. The van der Waals surface area contributed by atoms with E-state index in [-0.39, 0.29) is 5.91 Å². The highest BCUT2D eigenvalue weighted by Gasteiger charge is 2.16. The molecule has 0 aliphatic rings. The highest BCUT2D eigenvalue weighted by Crippen LogP contribution is 2.28. The summed E-state index contributed by atoms with van der Waals surface area (Å²) in [4.78, 5) is 12.6. The van der Waals surface area contributed by atoms with Crippen molar-refractivity contribution in [2.45, 2.75) is 13.0 Å². The van der Waals surface area contributed by atoms with Gasteiger partial charge in [0.15, 0.2) is 6.10 Å². The molecule has 0 aliphatic carbocycles. The molecular formula is C22H21NO3. The summed E-state index contributed by atoms with van der Waals surface area (Å²) < 4.78 is 10.8. The topological polar surface area (TPSA) is 47.6 Å². The van der Waals surface area contributed by atoms with Gasteiger partial charge in [0.2, 0.25) is 0 Å². The van der Waals surface area contributed by atoms with Gasteiger partial charge in [-0.1, -0.05) is 48.5 Å². The maximum absolute atomic E-state index is 12.6. The van der Waals surface area contributed by atoms with E-state index in [1.54, 1.807) is 38.3 Å². The number of rotatable bonds is 6. The van der Waals surface area contributed by atoms with Gasteiger partial charge < -0.3 is 14.8 Å². The predicted molar refractivity (Wildman–Crippen MR) is 104 cm³/mol. The number of ether oxygens (including phenoxy) is 2. The van der Waals surface area contributed by atoms with Crippen LogP contribution >= 0.6 is 0 Å². The number of nitrogens with one attached hydrogen (secondary N) is 1. The first kappa shape index (κ1) is 17.5. The van der Waals surface area contributed by atoms with Crippen LogP contribution in [0.25, 0.3) is 11.1 Å². The quantitative estimate of drug-likeness (QED) is 0.699. The molecule has 0 saturated heterocycles. The lowest BCUT2D eigenvalue weighted by Gasteiger charge is -2.17. The van der Waals surface area contributed by atoms with Crippen LogP contribution in [0.5, 0.6) is 11.5 Å². The number of benzene rings is 3. The maximum atomic E-state index is 12.6. The van der Waals surface area contributed by atoms with Gasteiger partial charge in [-0.2, -0.15) is 0 Å². The third kappa shape index (κ3) is 4.22. The molecule has 0 aromatic heterocycles. The monoisotopic (exact) mass is 347 g/mol. The molecule has 0 saturated carbocycles. The van der Waals surface area contributed by atoms with Crippen LogP contribution in [0.2, 0.25) is 0 Å². The number of carbonyl (C=O) groups excluding carboxylic acids is 1. The van der Waals surface area contributed by atoms with E-state index < -0.39 is 6.10 Å². The molecule has 1 atom stereocenters. The number of anilines is 1. The zero-order valence-corrected chi connectivity index (χ0v) is 14.8. The Kier molecular flexibility index (Phi) is 5.54. The molecule has 0 radical (unpaired) electrons. The fraction of sp³-hybridized carbons (Fsp3) is 0.136. The first-order valence-electron chi connectivity index (χ1n) is 8.43. The molecule has 0 unspecified atom stereocenters. The molecule has 0 fully saturated rings. The number of carbonyl (C=O) groups is 1. The Morgan fingerprint density at radius 2 is 1.46 bits per heavy atom. The van der Waals surface area contributed by atoms with Crippen molar-refractivity contribution in [3.63, 3.8) is 0 Å². The van der Waals surface area contributed by atoms with Crippen LogP contribution in [0.1, 0.15) is 6.92 Å². The molecular weight excluding hydrogens is 326 g/mol. The van der Waals surface area contributed by atoms with Crippen LogP contribution in [-0.4, -0.2) is 19.1 Å². The standard InChI is InChI=1S/C22H21NO3/c1-16(26-19-14-12-18(25-2)13-15-19)22(24)23-21-11-7-6-10-20(21)17-8-4-3-5-9-17/h3-16H,1-2H3,(H,23,24)/t16-/m1/s1. The molecule has 132 valence electrons. The smallest absolute Gasteiger partial charge is 0.265 e. The summed E-state index contributed by atoms with van der Waals surface area (Å²) in [6, 6.07) is 24.8. The Bertz CT molecular complexity index is 860. The van der Waals surface area contributed by atoms with E-state index in [4.69, 9.17) is 9.47 Å². The van der Waals surface area contributed by atoms with Crippen molar-refractivity contribution in [2.75, 3.05) is 12.4 Å². The number of hydrogen-bond acceptors (Lipinski definition) is 3. The van der Waals surface area contributed by atoms with Crippen LogP contribution in [0.4, 0.5) is 5.69 Å². The molecule has 0 bridgehead atoms. The first-order valence-corrected chi connectivity index (χ1v) is 8.43. The summed E-state index contributed by atoms with van der Waals surface area (Å²) >= 11 is 0. The van der Waals surface area contributed by atoms with E-state index in [1.165, 1.54) is 0 Å². The zero-order chi connectivity index (χ0) is 18.4. The molecule has 1 amide bonds. The average Bonchev–Trinajstić information content (AvgIpc) is 2.69. The van der Waals surface area contributed by atoms with Gasteiger partial charge in [0, 0.05) is 11.3 Å². The molecule has 0 spiro atoms. The molecule has 0 heterocycles. The summed E-state index contributed by atoms with van der Waals surface area (Å²) in [5.74, 6) is 1.15. The summed E-state index contributed by atoms with van der Waals surface area (Å²) in [5.41, 5.74) is 2.78. The normalized spacial score (nSPS) is 11.5. The summed E-state index contributed by atoms with van der Waals surface area (Å²) in [6.45, 7) is 1.73. The lowest BCUT2D eigenvalue weighted by atomic mass is 10.0. The number of para-hydroxylation sites is 1. The van der Waals surface area contributed by atoms with E-state index in [0.717, 1.165) is 22.6 Å². The molecule has 26 heavy (non-hydrogen) atoms. The lowest BCUT2D eigenvalue weighted by Crippen LogP contribution is -2.30. The van der Waals surface area contributed by atoms with Crippen molar-refractivity contribution >= 4 is 11.6 Å². The van der Waals surface area contributed by atoms with Crippen molar-refractivity contribution in [1.29, 1.82) is 0 Å². The van der Waals surface area contributed by atoms with Gasteiger partial charge in [0.1, 0.15) is 11.5 Å². The Balaban J connectivity index is 1.71. The molecule has 0 aliphatic heterocycles. The van der Waals surface area contributed by atoms with Crippen LogP contribution in [0.3, 0.4) is 0 Å². The number of hydrogen-bond donors (Lipinski definition) is 1. The Hall–Kier alpha value is -3.27. The minimum absolute atomic E-state index is 0.204. The molecule has 1 N–H and O–H groups in total. The van der Waals surface area contributed by atoms with Crippen molar-refractivity contribution < 1.29 is 14.3 Å². The Morgan fingerprint density at radius 3 is 2.15 bits per heavy atom. The summed E-state index contributed by atoms with van der Waals surface area (Å²) in [7, 11) is 1.61.